The van der Waals surface area contributed by atoms with Crippen molar-refractivity contribution < 1.29 is 0 Å². The highest BCUT2D eigenvalue weighted by atomic mass is 15.0. The van der Waals surface area contributed by atoms with Gasteiger partial charge in [0.25, 0.3) is 0 Å². The van der Waals surface area contributed by atoms with E-state index in [9.17, 15) is 0 Å². The average Bonchev–Trinajstić information content (AvgIpc) is 3.52. The lowest BCUT2D eigenvalue weighted by Crippen LogP contribution is -1.93. The Bertz CT molecular complexity index is 1970. The molecule has 148 valence electrons. The molecule has 3 nitrogen and oxygen atoms in total. The van der Waals surface area contributed by atoms with E-state index in [1.165, 1.54) is 54.6 Å². The lowest BCUT2D eigenvalue weighted by molar-refractivity contribution is 1.19. The first-order chi connectivity index (χ1) is 15.9. The largest absolute Gasteiger partial charge is 0.314 e. The van der Waals surface area contributed by atoms with E-state index in [1.54, 1.807) is 0 Å². The zero-order valence-electron chi connectivity index (χ0n) is 17.2. The van der Waals surface area contributed by atoms with E-state index in [2.05, 4.69) is 106 Å². The summed E-state index contributed by atoms with van der Waals surface area (Å²) in [7, 11) is 0. The molecule has 0 spiro atoms. The van der Waals surface area contributed by atoms with Crippen molar-refractivity contribution in [3.8, 4) is 5.69 Å². The summed E-state index contributed by atoms with van der Waals surface area (Å²) in [5.74, 6) is 0. The molecule has 8 aromatic rings. The summed E-state index contributed by atoms with van der Waals surface area (Å²) >= 11 is 0. The third-order valence-corrected chi connectivity index (χ3v) is 6.90. The quantitative estimate of drug-likeness (QED) is 0.279. The number of pyridine rings is 1. The highest BCUT2D eigenvalue weighted by Gasteiger charge is 2.21. The van der Waals surface area contributed by atoms with Crippen molar-refractivity contribution in [2.24, 2.45) is 0 Å². The van der Waals surface area contributed by atoms with Crippen LogP contribution >= 0.6 is 0 Å². The van der Waals surface area contributed by atoms with E-state index in [-0.39, 0.29) is 0 Å². The fourth-order valence-corrected chi connectivity index (χ4v) is 5.62. The zero-order chi connectivity index (χ0) is 20.8. The Kier molecular flexibility index (Phi) is 2.89. The molecule has 0 fully saturated rings. The van der Waals surface area contributed by atoms with E-state index >= 15 is 0 Å². The van der Waals surface area contributed by atoms with Crippen LogP contribution in [0.25, 0.3) is 65.6 Å². The van der Waals surface area contributed by atoms with Crippen LogP contribution in [-0.4, -0.2) is 14.0 Å². The minimum absolute atomic E-state index is 1.04. The van der Waals surface area contributed by atoms with Crippen molar-refractivity contribution in [3.63, 3.8) is 0 Å². The summed E-state index contributed by atoms with van der Waals surface area (Å²) < 4.78 is 4.72. The Labute approximate surface area is 183 Å². The predicted octanol–water partition coefficient (Wildman–Crippen LogP) is 7.33. The lowest BCUT2D eigenvalue weighted by atomic mass is 10.0. The second-order valence-corrected chi connectivity index (χ2v) is 8.49. The van der Waals surface area contributed by atoms with Crippen LogP contribution in [0.1, 0.15) is 0 Å². The van der Waals surface area contributed by atoms with Crippen LogP contribution in [0, 0.1) is 0 Å². The van der Waals surface area contributed by atoms with Crippen molar-refractivity contribution in [1.29, 1.82) is 0 Å². The topological polar surface area (TPSA) is 22.2 Å². The molecule has 3 heteroatoms. The first-order valence-corrected chi connectivity index (χ1v) is 10.9. The molecule has 8 rings (SSSR count). The van der Waals surface area contributed by atoms with Crippen molar-refractivity contribution in [1.82, 2.24) is 14.0 Å². The normalized spacial score (nSPS) is 12.4. The maximum Gasteiger partial charge on any atom is 0.0725 e. The van der Waals surface area contributed by atoms with Crippen LogP contribution in [0.2, 0.25) is 0 Å². The van der Waals surface area contributed by atoms with Gasteiger partial charge in [0, 0.05) is 44.2 Å². The number of para-hydroxylation sites is 3. The van der Waals surface area contributed by atoms with Crippen LogP contribution in [-0.2, 0) is 0 Å². The molecular formula is C29H17N3. The number of hydrogen-bond donors (Lipinski definition) is 0. The van der Waals surface area contributed by atoms with Gasteiger partial charge in [0.1, 0.15) is 0 Å². The molecule has 0 amide bonds. The van der Waals surface area contributed by atoms with Crippen molar-refractivity contribution in [2.75, 3.05) is 0 Å². The molecule has 0 N–H and O–H groups in total. The summed E-state index contributed by atoms with van der Waals surface area (Å²) in [4.78, 5) is 4.75. The molecule has 0 aliphatic carbocycles. The number of hydrogen-bond acceptors (Lipinski definition) is 1. The number of rotatable bonds is 1. The predicted molar refractivity (Wildman–Crippen MR) is 133 cm³/mol. The number of fused-ring (bicyclic) bond motifs is 9. The molecule has 0 aliphatic rings. The van der Waals surface area contributed by atoms with Gasteiger partial charge in [-0.2, -0.15) is 0 Å². The molecule has 32 heavy (non-hydrogen) atoms. The van der Waals surface area contributed by atoms with Crippen molar-refractivity contribution in [2.45, 2.75) is 0 Å². The maximum absolute atomic E-state index is 4.75. The molecule has 4 heterocycles. The van der Waals surface area contributed by atoms with E-state index in [4.69, 9.17) is 4.98 Å². The Morgan fingerprint density at radius 2 is 1.34 bits per heavy atom. The van der Waals surface area contributed by atoms with Gasteiger partial charge in [-0.25, -0.2) is 0 Å². The summed E-state index contributed by atoms with van der Waals surface area (Å²) in [6.45, 7) is 0. The van der Waals surface area contributed by atoms with Gasteiger partial charge in [-0.15, -0.1) is 0 Å². The summed E-state index contributed by atoms with van der Waals surface area (Å²) in [6.07, 6.45) is 4.22. The van der Waals surface area contributed by atoms with Crippen LogP contribution in [0.3, 0.4) is 0 Å². The van der Waals surface area contributed by atoms with Gasteiger partial charge in [-0.3, -0.25) is 4.98 Å². The van der Waals surface area contributed by atoms with E-state index in [0.29, 0.717) is 0 Å². The van der Waals surface area contributed by atoms with Gasteiger partial charge >= 0.3 is 0 Å². The summed E-state index contributed by atoms with van der Waals surface area (Å²) in [5, 5.41) is 7.64. The number of benzene rings is 4. The third kappa shape index (κ3) is 1.85. The smallest absolute Gasteiger partial charge is 0.0725 e. The fourth-order valence-electron chi connectivity index (χ4n) is 5.62. The van der Waals surface area contributed by atoms with Gasteiger partial charge in [0.15, 0.2) is 0 Å². The number of nitrogens with zero attached hydrogens (tertiary/aromatic N) is 3. The SMILES string of the molecule is c1ccc(-n2c3ccccc3c3cc4c5c6ccccc6ncc5n5ccc(c32)c45)cc1. The number of aromatic nitrogens is 3. The van der Waals surface area contributed by atoms with Crippen LogP contribution in [0.5, 0.6) is 0 Å². The molecule has 0 bridgehead atoms. The molecule has 0 saturated carbocycles. The lowest BCUT2D eigenvalue weighted by Gasteiger charge is -2.08. The van der Waals surface area contributed by atoms with Gasteiger partial charge in [0.2, 0.25) is 0 Å². The van der Waals surface area contributed by atoms with Crippen LogP contribution in [0.4, 0.5) is 0 Å². The summed E-state index contributed by atoms with van der Waals surface area (Å²) in [6, 6.07) is 32.5. The second kappa shape index (κ2) is 5.65. The molecule has 0 atom stereocenters. The maximum atomic E-state index is 4.75. The van der Waals surface area contributed by atoms with Crippen LogP contribution in [0.15, 0.2) is 103 Å². The minimum Gasteiger partial charge on any atom is -0.314 e. The molecule has 0 unspecified atom stereocenters. The van der Waals surface area contributed by atoms with Gasteiger partial charge < -0.3 is 8.97 Å². The van der Waals surface area contributed by atoms with Crippen molar-refractivity contribution in [3.05, 3.63) is 103 Å². The monoisotopic (exact) mass is 407 g/mol. The highest BCUT2D eigenvalue weighted by Crippen LogP contribution is 2.43. The summed E-state index contributed by atoms with van der Waals surface area (Å²) in [5.41, 5.74) is 7.16. The molecular weight excluding hydrogens is 390 g/mol. The molecule has 0 saturated heterocycles. The zero-order valence-corrected chi connectivity index (χ0v) is 17.2. The van der Waals surface area contributed by atoms with Crippen molar-refractivity contribution >= 4 is 59.9 Å². The van der Waals surface area contributed by atoms with Gasteiger partial charge in [-0.05, 0) is 36.4 Å². The van der Waals surface area contributed by atoms with Gasteiger partial charge in [0.05, 0.1) is 33.8 Å². The first kappa shape index (κ1) is 16.3. The fraction of sp³-hybridized carbons (Fsp3) is 0. The Morgan fingerprint density at radius 1 is 0.562 bits per heavy atom. The first-order valence-electron chi connectivity index (χ1n) is 10.9. The molecule has 0 radical (unpaired) electrons. The van der Waals surface area contributed by atoms with E-state index < -0.39 is 0 Å². The Morgan fingerprint density at radius 3 is 2.25 bits per heavy atom. The van der Waals surface area contributed by atoms with E-state index in [1.807, 2.05) is 6.20 Å². The highest BCUT2D eigenvalue weighted by molar-refractivity contribution is 6.30. The molecule has 0 aliphatic heterocycles. The average molecular weight is 407 g/mol. The van der Waals surface area contributed by atoms with E-state index in [0.717, 1.165) is 11.0 Å². The second-order valence-electron chi connectivity index (χ2n) is 8.49. The molecule has 4 aromatic carbocycles. The van der Waals surface area contributed by atoms with Crippen LogP contribution < -0.4 is 0 Å². The molecule has 4 aromatic heterocycles. The minimum atomic E-state index is 1.04. The Hall–Kier alpha value is -4.37. The van der Waals surface area contributed by atoms with Gasteiger partial charge in [-0.1, -0.05) is 54.6 Å². The third-order valence-electron chi connectivity index (χ3n) is 6.90. The Balaban J connectivity index is 1.69. The standard InChI is InChI=1S/C29H17N3/c1-2-8-18(9-3-1)32-25-13-7-5-10-19(25)22-16-23-27-20-11-4-6-12-24(20)30-17-26(27)31-15-14-21(28(23)31)29(22)32/h1-17H.